The van der Waals surface area contributed by atoms with Gasteiger partial charge in [-0.15, -0.1) is 0 Å². The number of alkyl carbamates (subject to hydrolysis) is 1. The Labute approximate surface area is 311 Å². The van der Waals surface area contributed by atoms with Crippen LogP contribution in [0.25, 0.3) is 0 Å². The van der Waals surface area contributed by atoms with E-state index in [9.17, 15) is 33.6 Å². The number of ketones is 1. The lowest BCUT2D eigenvalue weighted by atomic mass is 9.94. The summed E-state index contributed by atoms with van der Waals surface area (Å²) in [6.07, 6.45) is 4.67. The lowest BCUT2D eigenvalue weighted by molar-refractivity contribution is -0.145. The van der Waals surface area contributed by atoms with Crippen molar-refractivity contribution in [2.45, 2.75) is 109 Å². The van der Waals surface area contributed by atoms with Crippen molar-refractivity contribution in [2.75, 3.05) is 27.2 Å². The van der Waals surface area contributed by atoms with Gasteiger partial charge < -0.3 is 35.8 Å². The van der Waals surface area contributed by atoms with E-state index in [0.717, 1.165) is 38.5 Å². The van der Waals surface area contributed by atoms with Crippen LogP contribution in [0.4, 0.5) is 4.79 Å². The fraction of sp³-hybridized carbons (Fsp3) is 0.667. The minimum atomic E-state index is -1.16. The molecule has 0 spiro atoms. The molecule has 4 N–H and O–H groups in total. The molecular weight excluding hydrogens is 680 g/mol. The number of piperidine rings is 1. The van der Waals surface area contributed by atoms with Crippen LogP contribution in [0.5, 0.6) is 0 Å². The molecule has 6 amide bonds. The maximum absolute atomic E-state index is 14.3. The van der Waals surface area contributed by atoms with Crippen molar-refractivity contribution < 1.29 is 38.3 Å². The highest BCUT2D eigenvalue weighted by Gasteiger charge is 2.70. The summed E-state index contributed by atoms with van der Waals surface area (Å²) in [5, 5.41) is 10.7. The molecule has 14 nitrogen and oxygen atoms in total. The van der Waals surface area contributed by atoms with Crippen LogP contribution in [-0.4, -0.2) is 102 Å². The first-order valence-electron chi connectivity index (χ1n) is 18.9. The maximum atomic E-state index is 14.3. The molecular formula is C39H56N6O8. The predicted molar refractivity (Wildman–Crippen MR) is 195 cm³/mol. The van der Waals surface area contributed by atoms with Gasteiger partial charge in [0.05, 0.1) is 12.6 Å². The van der Waals surface area contributed by atoms with Gasteiger partial charge in [0.2, 0.25) is 29.4 Å². The first-order chi connectivity index (χ1) is 24.9. The zero-order chi connectivity index (χ0) is 38.8. The summed E-state index contributed by atoms with van der Waals surface area (Å²) >= 11 is 0. The molecule has 290 valence electrons. The van der Waals surface area contributed by atoms with Crippen molar-refractivity contribution in [3.05, 3.63) is 35.9 Å². The number of Topliss-reactive ketones (excluding diaryl/α,β-unsaturated/α-hetero) is 1. The SMILES string of the molecule is CN(C)C(=O)[C@@H](NC(=O)CNC(=O)C(=O)C(CC1CC1)NC(=O)[C@@H]1[C@@H]2[C@H](CN1C(=O)[C@@H](NC(=O)OC(C)(C)C)C1CCCC1)C2(C)C)c1ccccc1. The quantitative estimate of drug-likeness (QED) is 0.210. The molecule has 1 unspecified atom stereocenters. The highest BCUT2D eigenvalue weighted by molar-refractivity contribution is 6.38. The van der Waals surface area contributed by atoms with Crippen LogP contribution in [0.1, 0.15) is 91.2 Å². The first kappa shape index (κ1) is 39.7. The maximum Gasteiger partial charge on any atom is 0.408 e. The summed E-state index contributed by atoms with van der Waals surface area (Å²) in [6.45, 7) is 9.13. The van der Waals surface area contributed by atoms with Gasteiger partial charge in [-0.2, -0.15) is 0 Å². The number of carbonyl (C=O) groups is 7. The number of hydrogen-bond donors (Lipinski definition) is 4. The number of hydrogen-bond acceptors (Lipinski definition) is 8. The van der Waals surface area contributed by atoms with E-state index in [2.05, 4.69) is 35.1 Å². The minimum Gasteiger partial charge on any atom is -0.444 e. The predicted octanol–water partition coefficient (Wildman–Crippen LogP) is 2.47. The highest BCUT2D eigenvalue weighted by atomic mass is 16.6. The van der Waals surface area contributed by atoms with Gasteiger partial charge in [-0.25, -0.2) is 4.79 Å². The van der Waals surface area contributed by atoms with Crippen molar-refractivity contribution in [1.82, 2.24) is 31.1 Å². The molecule has 53 heavy (non-hydrogen) atoms. The van der Waals surface area contributed by atoms with Crippen molar-refractivity contribution in [3.8, 4) is 0 Å². The number of nitrogens with zero attached hydrogens (tertiary/aromatic N) is 2. The second-order valence-corrected chi connectivity index (χ2v) is 17.0. The molecule has 5 rings (SSSR count). The number of ether oxygens (including phenoxy) is 1. The number of likely N-dealkylation sites (N-methyl/N-ethyl adjacent to an activating group) is 1. The summed E-state index contributed by atoms with van der Waals surface area (Å²) in [4.78, 5) is 96.9. The van der Waals surface area contributed by atoms with E-state index >= 15 is 0 Å². The molecule has 1 aliphatic heterocycles. The minimum absolute atomic E-state index is 0.0615. The van der Waals surface area contributed by atoms with Gasteiger partial charge in [0.1, 0.15) is 23.7 Å². The monoisotopic (exact) mass is 736 g/mol. The van der Waals surface area contributed by atoms with E-state index in [1.54, 1.807) is 70.1 Å². The molecule has 0 bridgehead atoms. The third kappa shape index (κ3) is 9.55. The fourth-order valence-corrected chi connectivity index (χ4v) is 8.08. The standard InChI is InChI=1S/C39H56N6O8/c1-38(2,3)53-37(52)43-30(24-15-11-12-16-24)36(51)45-21-25-28(39(25,4)5)31(45)33(48)41-26(19-22-17-18-22)32(47)34(49)40-20-27(46)42-29(35(50)44(6)7)23-13-9-8-10-14-23/h8-10,13-14,22,24-26,28-31H,11-12,15-21H2,1-7H3,(H,40,49)(H,41,48)(H,42,46)(H,43,52)/t25-,26?,28-,29-,30-,31-/m0/s1. The lowest BCUT2D eigenvalue weighted by Gasteiger charge is -2.35. The number of rotatable bonds is 14. The van der Waals surface area contributed by atoms with Gasteiger partial charge >= 0.3 is 6.09 Å². The molecule has 4 fully saturated rings. The number of carbonyl (C=O) groups excluding carboxylic acids is 7. The molecule has 1 saturated heterocycles. The average Bonchev–Trinajstić information content (AvgIpc) is 3.79. The smallest absolute Gasteiger partial charge is 0.408 e. The third-order valence-corrected chi connectivity index (χ3v) is 11.2. The Kier molecular flexibility index (Phi) is 11.9. The van der Waals surface area contributed by atoms with Crippen LogP contribution in [0.2, 0.25) is 0 Å². The van der Waals surface area contributed by atoms with Crippen LogP contribution >= 0.6 is 0 Å². The second kappa shape index (κ2) is 15.9. The number of nitrogens with one attached hydrogen (secondary N) is 4. The third-order valence-electron chi connectivity index (χ3n) is 11.2. The molecule has 0 radical (unpaired) electrons. The van der Waals surface area contributed by atoms with Gasteiger partial charge in [0, 0.05) is 20.6 Å². The Balaban J connectivity index is 1.27. The Morgan fingerprint density at radius 3 is 2.15 bits per heavy atom. The Bertz CT molecular complexity index is 1580. The van der Waals surface area contributed by atoms with E-state index in [-0.39, 0.29) is 47.3 Å². The summed E-state index contributed by atoms with van der Waals surface area (Å²) in [6, 6.07) is 4.78. The zero-order valence-electron chi connectivity index (χ0n) is 32.0. The average molecular weight is 737 g/mol. The number of likely N-dealkylation sites (tertiary alicyclic amines) is 1. The molecule has 6 atom stereocenters. The summed E-state index contributed by atoms with van der Waals surface area (Å²) in [5.41, 5.74) is -0.416. The van der Waals surface area contributed by atoms with Gasteiger partial charge in [-0.05, 0) is 74.7 Å². The van der Waals surface area contributed by atoms with Gasteiger partial charge in [-0.1, -0.05) is 69.9 Å². The van der Waals surface area contributed by atoms with Crippen LogP contribution in [-0.2, 0) is 33.5 Å². The molecule has 0 aromatic heterocycles. The normalized spacial score (nSPS) is 23.5. The van der Waals surface area contributed by atoms with Crippen molar-refractivity contribution >= 4 is 41.4 Å². The van der Waals surface area contributed by atoms with Crippen molar-refractivity contribution in [2.24, 2.45) is 29.1 Å². The topological polar surface area (TPSA) is 183 Å². The van der Waals surface area contributed by atoms with E-state index in [1.807, 2.05) is 0 Å². The summed E-state index contributed by atoms with van der Waals surface area (Å²) < 4.78 is 5.50. The summed E-state index contributed by atoms with van der Waals surface area (Å²) in [7, 11) is 3.14. The van der Waals surface area contributed by atoms with E-state index < -0.39 is 65.9 Å². The van der Waals surface area contributed by atoms with Crippen molar-refractivity contribution in [3.63, 3.8) is 0 Å². The van der Waals surface area contributed by atoms with Gasteiger partial charge in [-0.3, -0.25) is 28.8 Å². The van der Waals surface area contributed by atoms with Crippen LogP contribution in [0, 0.1) is 29.1 Å². The van der Waals surface area contributed by atoms with Crippen LogP contribution in [0.15, 0.2) is 30.3 Å². The first-order valence-corrected chi connectivity index (χ1v) is 18.9. The molecule has 1 aromatic rings. The highest BCUT2D eigenvalue weighted by Crippen LogP contribution is 2.65. The van der Waals surface area contributed by atoms with Crippen LogP contribution < -0.4 is 21.3 Å². The van der Waals surface area contributed by atoms with Gasteiger partial charge in [0.25, 0.3) is 5.91 Å². The fourth-order valence-electron chi connectivity index (χ4n) is 8.08. The largest absolute Gasteiger partial charge is 0.444 e. The van der Waals surface area contributed by atoms with Gasteiger partial charge in [0.15, 0.2) is 0 Å². The molecule has 1 heterocycles. The molecule has 3 aliphatic carbocycles. The number of amides is 6. The van der Waals surface area contributed by atoms with E-state index in [1.165, 1.54) is 4.90 Å². The number of fused-ring (bicyclic) bond motifs is 1. The Morgan fingerprint density at radius 1 is 0.925 bits per heavy atom. The molecule has 14 heteroatoms. The van der Waals surface area contributed by atoms with Crippen molar-refractivity contribution in [1.29, 1.82) is 0 Å². The summed E-state index contributed by atoms with van der Waals surface area (Å²) in [5.74, 6) is -3.87. The zero-order valence-corrected chi connectivity index (χ0v) is 32.0. The lowest BCUT2D eigenvalue weighted by Crippen LogP contribution is -2.59. The van der Waals surface area contributed by atoms with E-state index in [4.69, 9.17) is 4.74 Å². The van der Waals surface area contributed by atoms with E-state index in [0.29, 0.717) is 12.1 Å². The molecule has 3 saturated carbocycles. The second-order valence-electron chi connectivity index (χ2n) is 17.0. The molecule has 4 aliphatic rings. The Morgan fingerprint density at radius 2 is 1.57 bits per heavy atom. The van der Waals surface area contributed by atoms with Crippen LogP contribution in [0.3, 0.4) is 0 Å². The number of benzene rings is 1. The Hall–Kier alpha value is -4.49. The molecule has 1 aromatic carbocycles.